The molecule has 0 bridgehead atoms. The van der Waals surface area contributed by atoms with Crippen LogP contribution < -0.4 is 10.6 Å². The summed E-state index contributed by atoms with van der Waals surface area (Å²) in [6.07, 6.45) is 10.1. The highest BCUT2D eigenvalue weighted by atomic mass is 35.5. The van der Waals surface area contributed by atoms with Crippen LogP contribution >= 0.6 is 11.6 Å². The van der Waals surface area contributed by atoms with Crippen LogP contribution in [0.4, 0.5) is 11.5 Å². The van der Waals surface area contributed by atoms with Gasteiger partial charge in [0.15, 0.2) is 0 Å². The van der Waals surface area contributed by atoms with E-state index in [1.807, 2.05) is 6.07 Å². The molecule has 1 aliphatic carbocycles. The molecule has 4 aromatic rings. The molecule has 0 fully saturated rings. The smallest absolute Gasteiger partial charge is 0.141 e. The molecule has 4 nitrogen and oxygen atoms in total. The van der Waals surface area contributed by atoms with Crippen LogP contribution in [0, 0.1) is 6.92 Å². The Labute approximate surface area is 224 Å². The van der Waals surface area contributed by atoms with Crippen LogP contribution in [-0.4, -0.2) is 23.1 Å². The molecule has 0 saturated heterocycles. The Morgan fingerprint density at radius 2 is 1.86 bits per heavy atom. The van der Waals surface area contributed by atoms with Crippen LogP contribution in [0.1, 0.15) is 42.0 Å². The number of hydrogen-bond acceptors (Lipinski definition) is 4. The van der Waals surface area contributed by atoms with Crippen molar-refractivity contribution in [3.63, 3.8) is 0 Å². The molecule has 1 heterocycles. The third-order valence-corrected chi connectivity index (χ3v) is 7.16. The number of nitrogens with one attached hydrogen (secondary N) is 2. The Morgan fingerprint density at radius 1 is 0.946 bits per heavy atom. The molecule has 0 radical (unpaired) electrons. The van der Waals surface area contributed by atoms with Crippen molar-refractivity contribution in [2.75, 3.05) is 18.4 Å². The highest BCUT2D eigenvalue weighted by Crippen LogP contribution is 2.32. The first-order chi connectivity index (χ1) is 18.1. The van der Waals surface area contributed by atoms with Crippen LogP contribution in [0.25, 0.3) is 16.5 Å². The zero-order chi connectivity index (χ0) is 25.6. The Morgan fingerprint density at radius 3 is 2.70 bits per heavy atom. The SMILES string of the molecule is CCCNCC1=CC=C(c2ccc3ncnc(Nc4ccc(CCc5cccc(C)c5)c(Cl)c4)c3c2)C1. The van der Waals surface area contributed by atoms with E-state index < -0.39 is 0 Å². The molecule has 0 saturated carbocycles. The second-order valence-electron chi connectivity index (χ2n) is 9.74. The topological polar surface area (TPSA) is 49.8 Å². The minimum Gasteiger partial charge on any atom is -0.340 e. The van der Waals surface area contributed by atoms with Gasteiger partial charge in [0.2, 0.25) is 0 Å². The number of benzene rings is 3. The fraction of sp³-hybridized carbons (Fsp3) is 0.250. The zero-order valence-corrected chi connectivity index (χ0v) is 22.3. The summed E-state index contributed by atoms with van der Waals surface area (Å²) in [5.41, 5.74) is 9.55. The standard InChI is InChI=1S/C32H33ClN4/c1-3-15-34-20-24-8-10-26(17-24)27-12-14-31-29(18-27)32(36-21-35-31)37-28-13-11-25(30(33)19-28)9-7-23-6-4-5-22(2)16-23/h4-6,8,10-14,16,18-19,21,34H,3,7,9,15,17,20H2,1-2H3,(H,35,36,37). The molecule has 37 heavy (non-hydrogen) atoms. The van der Waals surface area contributed by atoms with Gasteiger partial charge in [-0.3, -0.25) is 0 Å². The predicted octanol–water partition coefficient (Wildman–Crippen LogP) is 7.83. The molecule has 0 atom stereocenters. The monoisotopic (exact) mass is 508 g/mol. The number of aryl methyl sites for hydroxylation is 3. The summed E-state index contributed by atoms with van der Waals surface area (Å²) in [4.78, 5) is 9.05. The number of rotatable bonds is 10. The molecule has 0 aliphatic heterocycles. The Kier molecular flexibility index (Phi) is 7.98. The minimum atomic E-state index is 0.767. The van der Waals surface area contributed by atoms with Gasteiger partial charge in [-0.2, -0.15) is 0 Å². The zero-order valence-electron chi connectivity index (χ0n) is 21.5. The van der Waals surface area contributed by atoms with Crippen molar-refractivity contribution in [3.05, 3.63) is 112 Å². The summed E-state index contributed by atoms with van der Waals surface area (Å²) in [6, 6.07) is 21.2. The highest BCUT2D eigenvalue weighted by molar-refractivity contribution is 6.31. The molecule has 188 valence electrons. The van der Waals surface area contributed by atoms with Gasteiger partial charge in [0.05, 0.1) is 5.52 Å². The molecule has 0 spiro atoms. The van der Waals surface area contributed by atoms with Crippen LogP contribution in [0.2, 0.25) is 5.02 Å². The fourth-order valence-electron chi connectivity index (χ4n) is 4.79. The van der Waals surface area contributed by atoms with Gasteiger partial charge in [0, 0.05) is 22.6 Å². The number of allylic oxidation sites excluding steroid dienone is 3. The van der Waals surface area contributed by atoms with E-state index in [1.165, 1.54) is 27.8 Å². The second-order valence-corrected chi connectivity index (χ2v) is 10.2. The lowest BCUT2D eigenvalue weighted by Gasteiger charge is -2.12. The molecule has 5 rings (SSSR count). The molecule has 0 unspecified atom stereocenters. The van der Waals surface area contributed by atoms with E-state index in [4.69, 9.17) is 11.6 Å². The van der Waals surface area contributed by atoms with Gasteiger partial charge in [-0.25, -0.2) is 9.97 Å². The van der Waals surface area contributed by atoms with E-state index in [2.05, 4.69) is 101 Å². The van der Waals surface area contributed by atoms with Crippen LogP contribution in [0.5, 0.6) is 0 Å². The molecule has 1 aromatic heterocycles. The maximum Gasteiger partial charge on any atom is 0.141 e. The van der Waals surface area contributed by atoms with Gasteiger partial charge in [-0.1, -0.05) is 78.2 Å². The first kappa shape index (κ1) is 25.2. The average Bonchev–Trinajstić information content (AvgIpc) is 3.37. The summed E-state index contributed by atoms with van der Waals surface area (Å²) in [7, 11) is 0. The fourth-order valence-corrected chi connectivity index (χ4v) is 5.07. The lowest BCUT2D eigenvalue weighted by molar-refractivity contribution is 0.710. The van der Waals surface area contributed by atoms with Crippen molar-refractivity contribution in [2.24, 2.45) is 0 Å². The summed E-state index contributed by atoms with van der Waals surface area (Å²) in [5, 5.41) is 8.74. The van der Waals surface area contributed by atoms with E-state index >= 15 is 0 Å². The summed E-state index contributed by atoms with van der Waals surface area (Å²) in [5.74, 6) is 0.784. The summed E-state index contributed by atoms with van der Waals surface area (Å²) >= 11 is 6.69. The van der Waals surface area contributed by atoms with Gasteiger partial charge < -0.3 is 10.6 Å². The van der Waals surface area contributed by atoms with Gasteiger partial charge in [-0.15, -0.1) is 0 Å². The molecule has 1 aliphatic rings. The van der Waals surface area contributed by atoms with Gasteiger partial charge in [-0.05, 0) is 85.7 Å². The number of fused-ring (bicyclic) bond motifs is 1. The molecule has 5 heteroatoms. The lowest BCUT2D eigenvalue weighted by Crippen LogP contribution is -2.17. The maximum absolute atomic E-state index is 6.69. The number of aromatic nitrogens is 2. The average molecular weight is 509 g/mol. The molecule has 3 aromatic carbocycles. The van der Waals surface area contributed by atoms with Crippen LogP contribution in [-0.2, 0) is 12.8 Å². The van der Waals surface area contributed by atoms with Crippen molar-refractivity contribution in [2.45, 2.75) is 39.5 Å². The lowest BCUT2D eigenvalue weighted by atomic mass is 10.0. The molecular formula is C32H33ClN4. The first-order valence-corrected chi connectivity index (χ1v) is 13.4. The largest absolute Gasteiger partial charge is 0.340 e. The number of halogens is 1. The van der Waals surface area contributed by atoms with E-state index in [-0.39, 0.29) is 0 Å². The van der Waals surface area contributed by atoms with Crippen LogP contribution in [0.15, 0.2) is 84.7 Å². The van der Waals surface area contributed by atoms with Crippen molar-refractivity contribution < 1.29 is 0 Å². The third kappa shape index (κ3) is 6.27. The first-order valence-electron chi connectivity index (χ1n) is 13.0. The van der Waals surface area contributed by atoms with Crippen molar-refractivity contribution in [1.29, 1.82) is 0 Å². The molecular weight excluding hydrogens is 476 g/mol. The van der Waals surface area contributed by atoms with Crippen LogP contribution in [0.3, 0.4) is 0 Å². The Bertz CT molecular complexity index is 1470. The predicted molar refractivity (Wildman–Crippen MR) is 157 cm³/mol. The minimum absolute atomic E-state index is 0.767. The number of nitrogens with zero attached hydrogens (tertiary/aromatic N) is 2. The summed E-state index contributed by atoms with van der Waals surface area (Å²) < 4.78 is 0. The van der Waals surface area contributed by atoms with E-state index in [0.717, 1.165) is 71.8 Å². The van der Waals surface area contributed by atoms with Crippen molar-refractivity contribution >= 4 is 39.6 Å². The normalized spacial score (nSPS) is 13.1. The quantitative estimate of drug-likeness (QED) is 0.214. The molecule has 0 amide bonds. The number of hydrogen-bond donors (Lipinski definition) is 2. The second kappa shape index (κ2) is 11.7. The van der Waals surface area contributed by atoms with E-state index in [1.54, 1.807) is 6.33 Å². The van der Waals surface area contributed by atoms with Gasteiger partial charge in [0.1, 0.15) is 12.1 Å². The van der Waals surface area contributed by atoms with Gasteiger partial charge in [0.25, 0.3) is 0 Å². The molecule has 2 N–H and O–H groups in total. The summed E-state index contributed by atoms with van der Waals surface area (Å²) in [6.45, 7) is 6.31. The highest BCUT2D eigenvalue weighted by Gasteiger charge is 2.13. The maximum atomic E-state index is 6.69. The van der Waals surface area contributed by atoms with Gasteiger partial charge >= 0.3 is 0 Å². The van der Waals surface area contributed by atoms with Crippen molar-refractivity contribution in [1.82, 2.24) is 15.3 Å². The van der Waals surface area contributed by atoms with E-state index in [9.17, 15) is 0 Å². The third-order valence-electron chi connectivity index (χ3n) is 6.80. The number of anilines is 2. The Balaban J connectivity index is 1.30. The van der Waals surface area contributed by atoms with Crippen molar-refractivity contribution in [3.8, 4) is 0 Å². The van der Waals surface area contributed by atoms with E-state index in [0.29, 0.717) is 0 Å². The Hall–Kier alpha value is -3.47.